The molecular weight excluding hydrogens is 248 g/mol. The van der Waals surface area contributed by atoms with E-state index >= 15 is 0 Å². The fourth-order valence-corrected chi connectivity index (χ4v) is 2.80. The maximum absolute atomic E-state index is 6.10. The van der Waals surface area contributed by atoms with E-state index in [-0.39, 0.29) is 0 Å². The Morgan fingerprint density at radius 1 is 1.33 bits per heavy atom. The molecule has 0 aliphatic carbocycles. The lowest BCUT2D eigenvalue weighted by Gasteiger charge is -2.28. The topological polar surface area (TPSA) is 33.4 Å². The fourth-order valence-electron chi connectivity index (χ4n) is 2.59. The van der Waals surface area contributed by atoms with E-state index < -0.39 is 0 Å². The minimum absolute atomic E-state index is 0.666. The monoisotopic (exact) mass is 264 g/mol. The maximum Gasteiger partial charge on any atom is 0.179 e. The SMILES string of the molecule is CN1CCC(Cc2nnc3c(Cl)cccn23)CC1. The second-order valence-corrected chi connectivity index (χ2v) is 5.52. The summed E-state index contributed by atoms with van der Waals surface area (Å²) in [7, 11) is 2.18. The molecule has 0 amide bonds. The normalized spacial score (nSPS) is 18.6. The van der Waals surface area contributed by atoms with Crippen molar-refractivity contribution in [3.8, 4) is 0 Å². The molecule has 0 aromatic carbocycles. The van der Waals surface area contributed by atoms with Crippen LogP contribution in [0.15, 0.2) is 18.3 Å². The van der Waals surface area contributed by atoms with Gasteiger partial charge in [0.15, 0.2) is 5.65 Å². The Balaban J connectivity index is 1.81. The van der Waals surface area contributed by atoms with Gasteiger partial charge in [-0.3, -0.25) is 4.40 Å². The van der Waals surface area contributed by atoms with Gasteiger partial charge in [-0.25, -0.2) is 0 Å². The van der Waals surface area contributed by atoms with E-state index in [0.717, 1.165) is 17.9 Å². The van der Waals surface area contributed by atoms with Crippen LogP contribution >= 0.6 is 11.6 Å². The van der Waals surface area contributed by atoms with Crippen molar-refractivity contribution < 1.29 is 0 Å². The van der Waals surface area contributed by atoms with E-state index in [1.54, 1.807) is 0 Å². The second kappa shape index (κ2) is 4.86. The molecule has 1 fully saturated rings. The molecule has 0 spiro atoms. The molecule has 3 rings (SSSR count). The Hall–Kier alpha value is -1.13. The summed E-state index contributed by atoms with van der Waals surface area (Å²) in [6.07, 6.45) is 5.47. The van der Waals surface area contributed by atoms with E-state index in [0.29, 0.717) is 10.9 Å². The van der Waals surface area contributed by atoms with Gasteiger partial charge in [0.05, 0.1) is 5.02 Å². The van der Waals surface area contributed by atoms with E-state index in [2.05, 4.69) is 22.1 Å². The predicted octanol–water partition coefficient (Wildman–Crippen LogP) is 2.27. The number of nitrogens with zero attached hydrogens (tertiary/aromatic N) is 4. The van der Waals surface area contributed by atoms with Crippen LogP contribution in [-0.2, 0) is 6.42 Å². The molecule has 96 valence electrons. The fraction of sp³-hybridized carbons (Fsp3) is 0.538. The number of hydrogen-bond donors (Lipinski definition) is 0. The summed E-state index contributed by atoms with van der Waals surface area (Å²) < 4.78 is 2.01. The summed E-state index contributed by atoms with van der Waals surface area (Å²) in [6.45, 7) is 2.37. The van der Waals surface area contributed by atoms with Crippen LogP contribution < -0.4 is 0 Å². The van der Waals surface area contributed by atoms with Gasteiger partial charge in [-0.1, -0.05) is 11.6 Å². The highest BCUT2D eigenvalue weighted by Gasteiger charge is 2.19. The highest BCUT2D eigenvalue weighted by molar-refractivity contribution is 6.33. The standard InChI is InChI=1S/C13H17ClN4/c1-17-7-4-10(5-8-17)9-12-15-16-13-11(14)3-2-6-18(12)13/h2-3,6,10H,4-5,7-9H2,1H3. The third-order valence-electron chi connectivity index (χ3n) is 3.77. The Labute approximate surface area is 112 Å². The molecule has 0 radical (unpaired) electrons. The summed E-state index contributed by atoms with van der Waals surface area (Å²) >= 11 is 6.10. The van der Waals surface area contributed by atoms with Gasteiger partial charge in [-0.15, -0.1) is 10.2 Å². The van der Waals surface area contributed by atoms with Gasteiger partial charge >= 0.3 is 0 Å². The third-order valence-corrected chi connectivity index (χ3v) is 4.06. The van der Waals surface area contributed by atoms with Gasteiger partial charge in [-0.2, -0.15) is 0 Å². The van der Waals surface area contributed by atoms with Crippen LogP contribution in [0.4, 0.5) is 0 Å². The van der Waals surface area contributed by atoms with Gasteiger partial charge in [0.25, 0.3) is 0 Å². The van der Waals surface area contributed by atoms with Crippen molar-refractivity contribution >= 4 is 17.2 Å². The number of hydrogen-bond acceptors (Lipinski definition) is 3. The Morgan fingerprint density at radius 3 is 2.89 bits per heavy atom. The minimum Gasteiger partial charge on any atom is -0.306 e. The zero-order valence-electron chi connectivity index (χ0n) is 10.5. The minimum atomic E-state index is 0.666. The van der Waals surface area contributed by atoms with Crippen molar-refractivity contribution in [3.05, 3.63) is 29.2 Å². The number of fused-ring (bicyclic) bond motifs is 1. The number of piperidine rings is 1. The van der Waals surface area contributed by atoms with Crippen molar-refractivity contribution in [1.82, 2.24) is 19.5 Å². The highest BCUT2D eigenvalue weighted by atomic mass is 35.5. The van der Waals surface area contributed by atoms with Gasteiger partial charge in [0, 0.05) is 12.6 Å². The molecule has 2 aromatic heterocycles. The molecular formula is C13H17ClN4. The lowest BCUT2D eigenvalue weighted by atomic mass is 9.93. The molecule has 1 aliphatic heterocycles. The predicted molar refractivity (Wildman–Crippen MR) is 71.9 cm³/mol. The largest absolute Gasteiger partial charge is 0.306 e. The average Bonchev–Trinajstić information content (AvgIpc) is 2.77. The molecule has 2 aromatic rings. The lowest BCUT2D eigenvalue weighted by Crippen LogP contribution is -2.31. The summed E-state index contributed by atoms with van der Waals surface area (Å²) in [5.74, 6) is 1.75. The summed E-state index contributed by atoms with van der Waals surface area (Å²) in [5.41, 5.74) is 0.766. The maximum atomic E-state index is 6.10. The van der Waals surface area contributed by atoms with E-state index in [1.165, 1.54) is 25.9 Å². The Morgan fingerprint density at radius 2 is 2.11 bits per heavy atom. The van der Waals surface area contributed by atoms with Crippen molar-refractivity contribution in [1.29, 1.82) is 0 Å². The Bertz CT molecular complexity index is 543. The number of pyridine rings is 1. The third kappa shape index (κ3) is 2.22. The molecule has 18 heavy (non-hydrogen) atoms. The summed E-state index contributed by atoms with van der Waals surface area (Å²) in [4.78, 5) is 2.38. The van der Waals surface area contributed by atoms with Crippen LogP contribution in [0.2, 0.25) is 5.02 Å². The molecule has 1 saturated heterocycles. The number of halogens is 1. The van der Waals surface area contributed by atoms with Crippen LogP contribution in [-0.4, -0.2) is 39.6 Å². The second-order valence-electron chi connectivity index (χ2n) is 5.12. The quantitative estimate of drug-likeness (QED) is 0.834. The molecule has 3 heterocycles. The lowest BCUT2D eigenvalue weighted by molar-refractivity contribution is 0.217. The molecule has 1 aliphatic rings. The molecule has 5 heteroatoms. The van der Waals surface area contributed by atoms with E-state index in [1.807, 2.05) is 22.7 Å². The van der Waals surface area contributed by atoms with Crippen LogP contribution in [0.25, 0.3) is 5.65 Å². The van der Waals surface area contributed by atoms with Crippen molar-refractivity contribution in [2.24, 2.45) is 5.92 Å². The van der Waals surface area contributed by atoms with Crippen LogP contribution in [0, 0.1) is 5.92 Å². The van der Waals surface area contributed by atoms with E-state index in [9.17, 15) is 0 Å². The molecule has 0 unspecified atom stereocenters. The van der Waals surface area contributed by atoms with E-state index in [4.69, 9.17) is 11.6 Å². The molecule has 0 atom stereocenters. The first-order chi connectivity index (χ1) is 8.74. The number of aromatic nitrogens is 3. The van der Waals surface area contributed by atoms with Crippen molar-refractivity contribution in [2.75, 3.05) is 20.1 Å². The molecule has 0 saturated carbocycles. The van der Waals surface area contributed by atoms with Gasteiger partial charge < -0.3 is 4.90 Å². The van der Waals surface area contributed by atoms with Gasteiger partial charge in [0.2, 0.25) is 0 Å². The first kappa shape index (κ1) is 11.9. The highest BCUT2D eigenvalue weighted by Crippen LogP contribution is 2.22. The molecule has 0 N–H and O–H groups in total. The number of rotatable bonds is 2. The zero-order valence-corrected chi connectivity index (χ0v) is 11.3. The first-order valence-electron chi connectivity index (χ1n) is 6.40. The van der Waals surface area contributed by atoms with Crippen LogP contribution in [0.3, 0.4) is 0 Å². The summed E-state index contributed by atoms with van der Waals surface area (Å²) in [5, 5.41) is 9.12. The van der Waals surface area contributed by atoms with Crippen molar-refractivity contribution in [3.63, 3.8) is 0 Å². The average molecular weight is 265 g/mol. The van der Waals surface area contributed by atoms with Crippen LogP contribution in [0.5, 0.6) is 0 Å². The summed E-state index contributed by atoms with van der Waals surface area (Å²) in [6, 6.07) is 3.79. The first-order valence-corrected chi connectivity index (χ1v) is 6.78. The zero-order chi connectivity index (χ0) is 12.5. The van der Waals surface area contributed by atoms with Gasteiger partial charge in [0.1, 0.15) is 5.82 Å². The van der Waals surface area contributed by atoms with Gasteiger partial charge in [-0.05, 0) is 51.0 Å². The number of likely N-dealkylation sites (tertiary alicyclic amines) is 1. The smallest absolute Gasteiger partial charge is 0.179 e. The molecule has 4 nitrogen and oxygen atoms in total. The Kier molecular flexibility index (Phi) is 3.22. The van der Waals surface area contributed by atoms with Crippen LogP contribution in [0.1, 0.15) is 18.7 Å². The van der Waals surface area contributed by atoms with Crippen molar-refractivity contribution in [2.45, 2.75) is 19.3 Å². The molecule has 0 bridgehead atoms.